The molecule has 98 valence electrons. The zero-order chi connectivity index (χ0) is 14.0. The highest BCUT2D eigenvalue weighted by molar-refractivity contribution is 6.73. The van der Waals surface area contributed by atoms with Crippen LogP contribution < -0.4 is 0 Å². The van der Waals surface area contributed by atoms with Crippen molar-refractivity contribution in [2.24, 2.45) is 0 Å². The van der Waals surface area contributed by atoms with E-state index in [1.165, 1.54) is 0 Å². The minimum absolute atomic E-state index is 0.0399. The summed E-state index contributed by atoms with van der Waals surface area (Å²) in [4.78, 5) is 12.1. The first-order valence-corrected chi connectivity index (χ1v) is 7.24. The highest BCUT2D eigenvalue weighted by Gasteiger charge is 2.63. The molecular formula is C9Cl8O. The highest BCUT2D eigenvalue weighted by atomic mass is 35.5. The van der Waals surface area contributed by atoms with Crippen LogP contribution in [-0.4, -0.2) is 10.1 Å². The molecule has 1 aliphatic carbocycles. The third-order valence-electron chi connectivity index (χ3n) is 2.49. The van der Waals surface area contributed by atoms with Gasteiger partial charge in [-0.3, -0.25) is 4.79 Å². The zero-order valence-electron chi connectivity index (χ0n) is 7.93. The number of carbonyl (C=O) groups excluding carboxylic acids is 1. The summed E-state index contributed by atoms with van der Waals surface area (Å²) in [6.07, 6.45) is 0. The minimum atomic E-state index is -2.13. The lowest BCUT2D eigenvalue weighted by molar-refractivity contribution is 0.0981. The number of hydrogen-bond donors (Lipinski definition) is 0. The Kier molecular flexibility index (Phi) is 3.99. The first-order valence-electron chi connectivity index (χ1n) is 4.22. The average Bonchev–Trinajstić information content (AvgIpc) is 2.41. The van der Waals surface area contributed by atoms with Crippen molar-refractivity contribution in [3.8, 4) is 0 Å². The SMILES string of the molecule is O=C1c2c(Cl)c(Cl)c(Cl)c(Cl)c2C(Cl)(Cl)C1(Cl)Cl. The molecule has 0 amide bonds. The maximum Gasteiger partial charge on any atom is 0.217 e. The second kappa shape index (κ2) is 4.61. The Labute approximate surface area is 142 Å². The van der Waals surface area contributed by atoms with Crippen LogP contribution in [0.15, 0.2) is 0 Å². The average molecular weight is 408 g/mol. The monoisotopic (exact) mass is 404 g/mol. The van der Waals surface area contributed by atoms with Crippen LogP contribution in [-0.2, 0) is 4.33 Å². The summed E-state index contributed by atoms with van der Waals surface area (Å²) >= 11 is 47.4. The zero-order valence-corrected chi connectivity index (χ0v) is 14.0. The van der Waals surface area contributed by atoms with Gasteiger partial charge in [0, 0.05) is 11.1 Å². The van der Waals surface area contributed by atoms with Gasteiger partial charge in [0.25, 0.3) is 0 Å². The third kappa shape index (κ3) is 1.79. The van der Waals surface area contributed by atoms with E-state index in [0.29, 0.717) is 0 Å². The molecule has 0 unspecified atom stereocenters. The summed E-state index contributed by atoms with van der Waals surface area (Å²) in [6, 6.07) is 0. The van der Waals surface area contributed by atoms with Crippen LogP contribution in [0.25, 0.3) is 0 Å². The summed E-state index contributed by atoms with van der Waals surface area (Å²) < 4.78 is -4.10. The van der Waals surface area contributed by atoms with Crippen molar-refractivity contribution in [3.05, 3.63) is 31.2 Å². The fraction of sp³-hybridized carbons (Fsp3) is 0.222. The number of halogens is 8. The molecule has 9 heteroatoms. The van der Waals surface area contributed by atoms with Crippen molar-refractivity contribution >= 4 is 98.6 Å². The molecule has 0 aliphatic heterocycles. The van der Waals surface area contributed by atoms with Gasteiger partial charge in [0.15, 0.2) is 4.33 Å². The quantitative estimate of drug-likeness (QED) is 0.280. The fourth-order valence-corrected chi connectivity index (χ4v) is 3.70. The second-order valence-corrected chi connectivity index (χ2v) is 7.65. The number of rotatable bonds is 0. The van der Waals surface area contributed by atoms with Crippen LogP contribution in [0, 0.1) is 0 Å². The van der Waals surface area contributed by atoms with E-state index in [1.807, 2.05) is 0 Å². The normalized spacial score (nSPS) is 20.1. The Balaban J connectivity index is 2.98. The van der Waals surface area contributed by atoms with E-state index >= 15 is 0 Å². The molecule has 1 nitrogen and oxygen atoms in total. The van der Waals surface area contributed by atoms with E-state index in [2.05, 4.69) is 0 Å². The molecule has 1 aromatic carbocycles. The van der Waals surface area contributed by atoms with Gasteiger partial charge in [0.05, 0.1) is 20.1 Å². The first-order chi connectivity index (χ1) is 8.05. The predicted octanol–water partition coefficient (Wildman–Crippen LogP) is 6.30. The molecule has 0 bridgehead atoms. The first kappa shape index (κ1) is 15.6. The smallest absolute Gasteiger partial charge is 0.217 e. The Bertz CT molecular complexity index is 577. The van der Waals surface area contributed by atoms with Gasteiger partial charge in [0.2, 0.25) is 10.1 Å². The highest BCUT2D eigenvalue weighted by Crippen LogP contribution is 2.62. The van der Waals surface area contributed by atoms with Gasteiger partial charge in [-0.2, -0.15) is 0 Å². The summed E-state index contributed by atoms with van der Waals surface area (Å²) in [6.45, 7) is 0. The minimum Gasteiger partial charge on any atom is -0.291 e. The van der Waals surface area contributed by atoms with Crippen molar-refractivity contribution in [2.45, 2.75) is 8.67 Å². The second-order valence-electron chi connectivity index (χ2n) is 3.48. The molecule has 0 fully saturated rings. The van der Waals surface area contributed by atoms with Crippen LogP contribution >= 0.6 is 92.8 Å². The summed E-state index contributed by atoms with van der Waals surface area (Å²) in [5, 5.41) is -0.417. The maximum atomic E-state index is 12.1. The summed E-state index contributed by atoms with van der Waals surface area (Å²) in [7, 11) is 0. The topological polar surface area (TPSA) is 17.1 Å². The molecular weight excluding hydrogens is 408 g/mol. The van der Waals surface area contributed by atoms with Gasteiger partial charge in [0.1, 0.15) is 0 Å². The summed E-state index contributed by atoms with van der Waals surface area (Å²) in [5.41, 5.74) is -0.159. The van der Waals surface area contributed by atoms with E-state index in [4.69, 9.17) is 92.8 Å². The maximum absolute atomic E-state index is 12.1. The van der Waals surface area contributed by atoms with Gasteiger partial charge >= 0.3 is 0 Å². The molecule has 0 radical (unpaired) electrons. The number of fused-ring (bicyclic) bond motifs is 1. The van der Waals surface area contributed by atoms with Gasteiger partial charge < -0.3 is 0 Å². The number of Topliss-reactive ketones (excluding diaryl/α,β-unsaturated/α-hetero) is 1. The molecule has 1 aromatic rings. The van der Waals surface area contributed by atoms with Crippen molar-refractivity contribution in [2.75, 3.05) is 0 Å². The van der Waals surface area contributed by atoms with Crippen LogP contribution in [0.1, 0.15) is 15.9 Å². The van der Waals surface area contributed by atoms with Crippen LogP contribution in [0.5, 0.6) is 0 Å². The van der Waals surface area contributed by atoms with E-state index < -0.39 is 14.4 Å². The van der Waals surface area contributed by atoms with E-state index in [1.54, 1.807) is 0 Å². The molecule has 0 heterocycles. The van der Waals surface area contributed by atoms with Crippen LogP contribution in [0.2, 0.25) is 20.1 Å². The molecule has 2 rings (SSSR count). The number of carbonyl (C=O) groups is 1. The lowest BCUT2D eigenvalue weighted by Crippen LogP contribution is -2.34. The molecule has 0 saturated heterocycles. The van der Waals surface area contributed by atoms with E-state index in [0.717, 1.165) is 0 Å². The third-order valence-corrected chi connectivity index (χ3v) is 6.53. The molecule has 1 aliphatic rings. The van der Waals surface area contributed by atoms with Crippen molar-refractivity contribution in [1.29, 1.82) is 0 Å². The number of hydrogen-bond acceptors (Lipinski definition) is 1. The largest absolute Gasteiger partial charge is 0.291 e. The van der Waals surface area contributed by atoms with Crippen molar-refractivity contribution in [3.63, 3.8) is 0 Å². The Morgan fingerprint density at radius 2 is 1.11 bits per heavy atom. The van der Waals surface area contributed by atoms with Gasteiger partial charge in [-0.1, -0.05) is 92.8 Å². The number of alkyl halides is 4. The Hall–Kier alpha value is 1.21. The van der Waals surface area contributed by atoms with Crippen molar-refractivity contribution < 1.29 is 4.79 Å². The Morgan fingerprint density at radius 1 is 0.667 bits per heavy atom. The van der Waals surface area contributed by atoms with Crippen LogP contribution in [0.3, 0.4) is 0 Å². The van der Waals surface area contributed by atoms with Crippen LogP contribution in [0.4, 0.5) is 0 Å². The fourth-order valence-electron chi connectivity index (χ4n) is 1.60. The van der Waals surface area contributed by atoms with Gasteiger partial charge in [-0.25, -0.2) is 0 Å². The van der Waals surface area contributed by atoms with Gasteiger partial charge in [-0.05, 0) is 0 Å². The number of benzene rings is 1. The standard InChI is InChI=1S/C9Cl8O/c10-3-1-2(4(11)6(13)5(3)12)8(14,15)9(16,17)7(1)18. The molecule has 18 heavy (non-hydrogen) atoms. The molecule has 0 aromatic heterocycles. The summed E-state index contributed by atoms with van der Waals surface area (Å²) in [5.74, 6) is -0.781. The molecule has 0 N–H and O–H groups in total. The predicted molar refractivity (Wildman–Crippen MR) is 78.6 cm³/mol. The van der Waals surface area contributed by atoms with E-state index in [9.17, 15) is 4.79 Å². The lowest BCUT2D eigenvalue weighted by Gasteiger charge is -2.24. The number of ketones is 1. The van der Waals surface area contributed by atoms with Gasteiger partial charge in [-0.15, -0.1) is 0 Å². The molecule has 0 spiro atoms. The lowest BCUT2D eigenvalue weighted by atomic mass is 10.1. The van der Waals surface area contributed by atoms with Crippen molar-refractivity contribution in [1.82, 2.24) is 0 Å². The Morgan fingerprint density at radius 3 is 1.61 bits per heavy atom. The molecule has 0 atom stereocenters. The molecule has 0 saturated carbocycles. The van der Waals surface area contributed by atoms with E-state index in [-0.39, 0.29) is 31.2 Å².